The molecule has 0 amide bonds. The second kappa shape index (κ2) is 6.99. The van der Waals surface area contributed by atoms with E-state index >= 15 is 0 Å². The highest BCUT2D eigenvalue weighted by molar-refractivity contribution is 5.90. The van der Waals surface area contributed by atoms with Crippen molar-refractivity contribution in [1.82, 2.24) is 0 Å². The number of nitrogen functional groups attached to an aromatic ring is 1. The van der Waals surface area contributed by atoms with Gasteiger partial charge in [-0.3, -0.25) is 0 Å². The maximum absolute atomic E-state index is 10.9. The number of nitrogens with two attached hydrogens (primary N) is 1. The molecule has 0 aromatic heterocycles. The third kappa shape index (κ3) is 4.44. The van der Waals surface area contributed by atoms with E-state index in [1.807, 2.05) is 20.8 Å². The van der Waals surface area contributed by atoms with Gasteiger partial charge in [0.05, 0.1) is 29.6 Å². The molecule has 0 bridgehead atoms. The Morgan fingerprint density at radius 1 is 1.47 bits per heavy atom. The molecule has 1 aromatic carbocycles. The van der Waals surface area contributed by atoms with E-state index in [0.717, 1.165) is 18.8 Å². The van der Waals surface area contributed by atoms with Crippen LogP contribution in [0.25, 0.3) is 0 Å². The topological polar surface area (TPSA) is 75.8 Å². The number of carboxylic acids is 1. The molecule has 0 aliphatic rings. The van der Waals surface area contributed by atoms with Crippen LogP contribution in [0, 0.1) is 0 Å². The van der Waals surface area contributed by atoms with Gasteiger partial charge in [-0.2, -0.15) is 0 Å². The van der Waals surface area contributed by atoms with Crippen LogP contribution in [0.3, 0.4) is 0 Å². The number of nitrogens with zero attached hydrogens (tertiary/aromatic N) is 1. The number of benzene rings is 1. The van der Waals surface area contributed by atoms with Gasteiger partial charge in [0, 0.05) is 13.1 Å². The zero-order valence-corrected chi connectivity index (χ0v) is 11.7. The van der Waals surface area contributed by atoms with Crippen molar-refractivity contribution in [2.75, 3.05) is 30.3 Å². The van der Waals surface area contributed by atoms with Crippen molar-refractivity contribution in [2.24, 2.45) is 0 Å². The zero-order chi connectivity index (χ0) is 14.4. The van der Waals surface area contributed by atoms with Gasteiger partial charge in [0.2, 0.25) is 0 Å². The summed E-state index contributed by atoms with van der Waals surface area (Å²) in [7, 11) is 0. The lowest BCUT2D eigenvalue weighted by molar-refractivity contribution is 0.0696. The fourth-order valence-corrected chi connectivity index (χ4v) is 1.82. The lowest BCUT2D eigenvalue weighted by atomic mass is 10.1. The number of likely N-dealkylation sites (N-methyl/N-ethyl adjacent to an activating group) is 1. The molecular weight excluding hydrogens is 244 g/mol. The summed E-state index contributed by atoms with van der Waals surface area (Å²) in [6.45, 7) is 8.15. The summed E-state index contributed by atoms with van der Waals surface area (Å²) < 4.78 is 5.52. The minimum absolute atomic E-state index is 0.199. The van der Waals surface area contributed by atoms with Gasteiger partial charge in [0.15, 0.2) is 0 Å². The molecule has 0 saturated carbocycles. The maximum atomic E-state index is 10.9. The highest BCUT2D eigenvalue weighted by Gasteiger charge is 2.11. The summed E-state index contributed by atoms with van der Waals surface area (Å²) in [5.41, 5.74) is 7.45. The Balaban J connectivity index is 2.78. The molecule has 0 radical (unpaired) electrons. The van der Waals surface area contributed by atoms with Gasteiger partial charge in [0.1, 0.15) is 0 Å². The van der Waals surface area contributed by atoms with Crippen LogP contribution in [0.2, 0.25) is 0 Å². The molecule has 0 heterocycles. The molecule has 0 atom stereocenters. The predicted octanol–water partition coefficient (Wildman–Crippen LogP) is 2.22. The number of hydrogen-bond acceptors (Lipinski definition) is 4. The number of ether oxygens (including phenoxy) is 1. The van der Waals surface area contributed by atoms with Crippen LogP contribution in [0.4, 0.5) is 11.4 Å². The monoisotopic (exact) mass is 266 g/mol. The van der Waals surface area contributed by atoms with Crippen molar-refractivity contribution in [2.45, 2.75) is 26.9 Å². The van der Waals surface area contributed by atoms with Crippen molar-refractivity contribution < 1.29 is 14.6 Å². The second-order valence-electron chi connectivity index (χ2n) is 4.58. The molecule has 5 heteroatoms. The van der Waals surface area contributed by atoms with Gasteiger partial charge in [-0.15, -0.1) is 0 Å². The fourth-order valence-electron chi connectivity index (χ4n) is 1.82. The SMILES string of the molecule is CCN(CCOC(C)C)c1ccc(C(=O)O)cc1N. The fraction of sp³-hybridized carbons (Fsp3) is 0.500. The summed E-state index contributed by atoms with van der Waals surface area (Å²) in [5, 5.41) is 8.91. The quantitative estimate of drug-likeness (QED) is 0.740. The number of aromatic carboxylic acids is 1. The molecule has 0 fully saturated rings. The Labute approximate surface area is 114 Å². The van der Waals surface area contributed by atoms with E-state index in [4.69, 9.17) is 15.6 Å². The van der Waals surface area contributed by atoms with Crippen LogP contribution < -0.4 is 10.6 Å². The number of anilines is 2. The Kier molecular flexibility index (Phi) is 5.63. The van der Waals surface area contributed by atoms with E-state index in [1.165, 1.54) is 6.07 Å². The molecule has 19 heavy (non-hydrogen) atoms. The van der Waals surface area contributed by atoms with Crippen molar-refractivity contribution in [3.8, 4) is 0 Å². The molecule has 0 aliphatic heterocycles. The lowest BCUT2D eigenvalue weighted by Gasteiger charge is -2.25. The minimum Gasteiger partial charge on any atom is -0.478 e. The lowest BCUT2D eigenvalue weighted by Crippen LogP contribution is -2.28. The summed E-state index contributed by atoms with van der Waals surface area (Å²) in [6, 6.07) is 4.81. The summed E-state index contributed by atoms with van der Waals surface area (Å²) >= 11 is 0. The average molecular weight is 266 g/mol. The van der Waals surface area contributed by atoms with E-state index < -0.39 is 5.97 Å². The van der Waals surface area contributed by atoms with Crippen LogP contribution in [-0.4, -0.2) is 36.9 Å². The van der Waals surface area contributed by atoms with Crippen molar-refractivity contribution >= 4 is 17.3 Å². The summed E-state index contributed by atoms with van der Waals surface area (Å²) in [5.74, 6) is -0.968. The van der Waals surface area contributed by atoms with Gasteiger partial charge >= 0.3 is 5.97 Å². The first-order valence-corrected chi connectivity index (χ1v) is 6.45. The van der Waals surface area contributed by atoms with Gasteiger partial charge in [-0.25, -0.2) is 4.79 Å². The van der Waals surface area contributed by atoms with Gasteiger partial charge < -0.3 is 20.5 Å². The van der Waals surface area contributed by atoms with Gasteiger partial charge in [-0.05, 0) is 39.0 Å². The normalized spacial score (nSPS) is 10.7. The molecule has 106 valence electrons. The van der Waals surface area contributed by atoms with Crippen molar-refractivity contribution in [3.63, 3.8) is 0 Å². The molecule has 0 spiro atoms. The van der Waals surface area contributed by atoms with E-state index in [9.17, 15) is 4.79 Å². The minimum atomic E-state index is -0.968. The third-order valence-corrected chi connectivity index (χ3v) is 2.81. The van der Waals surface area contributed by atoms with E-state index in [0.29, 0.717) is 12.3 Å². The summed E-state index contributed by atoms with van der Waals surface area (Å²) in [4.78, 5) is 12.9. The maximum Gasteiger partial charge on any atom is 0.335 e. The smallest absolute Gasteiger partial charge is 0.335 e. The largest absolute Gasteiger partial charge is 0.478 e. The van der Waals surface area contributed by atoms with Crippen LogP contribution in [0.5, 0.6) is 0 Å². The Hall–Kier alpha value is -1.75. The van der Waals surface area contributed by atoms with E-state index in [2.05, 4.69) is 4.90 Å². The number of rotatable bonds is 7. The predicted molar refractivity (Wildman–Crippen MR) is 76.8 cm³/mol. The van der Waals surface area contributed by atoms with E-state index in [1.54, 1.807) is 12.1 Å². The molecule has 0 saturated heterocycles. The first kappa shape index (κ1) is 15.3. The Morgan fingerprint density at radius 2 is 2.16 bits per heavy atom. The molecule has 1 rings (SSSR count). The van der Waals surface area contributed by atoms with Crippen LogP contribution >= 0.6 is 0 Å². The third-order valence-electron chi connectivity index (χ3n) is 2.81. The molecule has 3 N–H and O–H groups in total. The van der Waals surface area contributed by atoms with Crippen LogP contribution in [-0.2, 0) is 4.74 Å². The first-order valence-electron chi connectivity index (χ1n) is 6.45. The molecule has 1 aromatic rings. The molecule has 0 aliphatic carbocycles. The Bertz CT molecular complexity index is 433. The highest BCUT2D eigenvalue weighted by Crippen LogP contribution is 2.24. The van der Waals surface area contributed by atoms with Crippen LogP contribution in [0.1, 0.15) is 31.1 Å². The van der Waals surface area contributed by atoms with E-state index in [-0.39, 0.29) is 11.7 Å². The zero-order valence-electron chi connectivity index (χ0n) is 11.7. The molecule has 0 unspecified atom stereocenters. The summed E-state index contributed by atoms with van der Waals surface area (Å²) in [6.07, 6.45) is 0.199. The van der Waals surface area contributed by atoms with Crippen molar-refractivity contribution in [1.29, 1.82) is 0 Å². The number of carbonyl (C=O) groups is 1. The number of carboxylic acid groups (broad SMARTS) is 1. The van der Waals surface area contributed by atoms with Gasteiger partial charge in [0.25, 0.3) is 0 Å². The average Bonchev–Trinajstić information content (AvgIpc) is 2.34. The van der Waals surface area contributed by atoms with Crippen LogP contribution in [0.15, 0.2) is 18.2 Å². The molecule has 5 nitrogen and oxygen atoms in total. The second-order valence-corrected chi connectivity index (χ2v) is 4.58. The number of hydrogen-bond donors (Lipinski definition) is 2. The Morgan fingerprint density at radius 3 is 2.63 bits per heavy atom. The standard InChI is InChI=1S/C14H22N2O3/c1-4-16(7-8-19-10(2)3)13-6-5-11(14(17)18)9-12(13)15/h5-6,9-10H,4,7-8,15H2,1-3H3,(H,17,18). The van der Waals surface area contributed by atoms with Crippen molar-refractivity contribution in [3.05, 3.63) is 23.8 Å². The molecular formula is C14H22N2O3. The van der Waals surface area contributed by atoms with Gasteiger partial charge in [-0.1, -0.05) is 0 Å². The highest BCUT2D eigenvalue weighted by atomic mass is 16.5. The first-order chi connectivity index (χ1) is 8.95.